The van der Waals surface area contributed by atoms with Gasteiger partial charge in [0.15, 0.2) is 0 Å². The molecule has 0 bridgehead atoms. The molecule has 2 rings (SSSR count). The zero-order valence-electron chi connectivity index (χ0n) is 14.6. The van der Waals surface area contributed by atoms with Crippen LogP contribution in [-0.4, -0.2) is 74.4 Å². The Hall–Kier alpha value is -0.650. The van der Waals surface area contributed by atoms with E-state index in [-0.39, 0.29) is 5.97 Å². The Morgan fingerprint density at radius 3 is 2.41 bits per heavy atom. The molecular formula is C17H32N2O3. The summed E-state index contributed by atoms with van der Waals surface area (Å²) >= 11 is 0. The fourth-order valence-corrected chi connectivity index (χ4v) is 4.09. The van der Waals surface area contributed by atoms with Crippen LogP contribution >= 0.6 is 0 Å². The number of ether oxygens (including phenoxy) is 2. The Kier molecular flexibility index (Phi) is 6.24. The lowest BCUT2D eigenvalue weighted by Gasteiger charge is -2.48. The number of hydrogen-bond donors (Lipinski definition) is 0. The van der Waals surface area contributed by atoms with Crippen molar-refractivity contribution in [1.29, 1.82) is 0 Å². The zero-order chi connectivity index (χ0) is 16.2. The van der Waals surface area contributed by atoms with Crippen LogP contribution in [-0.2, 0) is 14.3 Å². The predicted octanol–water partition coefficient (Wildman–Crippen LogP) is 1.90. The number of rotatable bonds is 5. The molecule has 0 amide bonds. The molecule has 0 aromatic heterocycles. The fourth-order valence-electron chi connectivity index (χ4n) is 4.09. The van der Waals surface area contributed by atoms with Crippen LogP contribution in [0.4, 0.5) is 0 Å². The molecule has 2 aliphatic rings. The third-order valence-electron chi connectivity index (χ3n) is 5.58. The molecule has 0 aromatic rings. The first-order valence-electron chi connectivity index (χ1n) is 8.66. The third kappa shape index (κ3) is 3.47. The highest BCUT2D eigenvalue weighted by Gasteiger charge is 2.46. The van der Waals surface area contributed by atoms with Gasteiger partial charge in [-0.25, -0.2) is 0 Å². The van der Waals surface area contributed by atoms with Gasteiger partial charge in [0.2, 0.25) is 0 Å². The van der Waals surface area contributed by atoms with Gasteiger partial charge >= 0.3 is 5.97 Å². The highest BCUT2D eigenvalue weighted by Crippen LogP contribution is 2.33. The number of hydrogen-bond acceptors (Lipinski definition) is 5. The van der Waals surface area contributed by atoms with Crippen LogP contribution in [0, 0.1) is 0 Å². The second kappa shape index (κ2) is 7.75. The molecule has 1 saturated carbocycles. The number of esters is 1. The summed E-state index contributed by atoms with van der Waals surface area (Å²) in [7, 11) is 5.81. The first-order chi connectivity index (χ1) is 10.5. The lowest BCUT2D eigenvalue weighted by molar-refractivity contribution is -0.160. The Morgan fingerprint density at radius 1 is 1.23 bits per heavy atom. The van der Waals surface area contributed by atoms with Gasteiger partial charge in [-0.1, -0.05) is 12.8 Å². The lowest BCUT2D eigenvalue weighted by Crippen LogP contribution is -2.60. The Bertz CT molecular complexity index is 365. The summed E-state index contributed by atoms with van der Waals surface area (Å²) < 4.78 is 11.0. The monoisotopic (exact) mass is 312 g/mol. The predicted molar refractivity (Wildman–Crippen MR) is 86.9 cm³/mol. The standard InChI is InChI=1S/C17H32N2O3/c1-5-22-16(20)17(18(2)3)10-12-19(13-11-17)14-8-6-7-9-15(14)21-4/h14-15H,5-13H2,1-4H3. The van der Waals surface area contributed by atoms with Crippen LogP contribution in [0.5, 0.6) is 0 Å². The van der Waals surface area contributed by atoms with E-state index in [0.29, 0.717) is 18.8 Å². The van der Waals surface area contributed by atoms with Crippen LogP contribution < -0.4 is 0 Å². The molecule has 1 heterocycles. The molecule has 1 aliphatic heterocycles. The van der Waals surface area contributed by atoms with Crippen molar-refractivity contribution in [2.75, 3.05) is 40.9 Å². The van der Waals surface area contributed by atoms with Gasteiger partial charge in [0, 0.05) is 26.2 Å². The van der Waals surface area contributed by atoms with Crippen molar-refractivity contribution in [1.82, 2.24) is 9.80 Å². The molecule has 0 N–H and O–H groups in total. The van der Waals surface area contributed by atoms with Gasteiger partial charge < -0.3 is 9.47 Å². The van der Waals surface area contributed by atoms with Crippen LogP contribution in [0.1, 0.15) is 45.4 Å². The molecular weight excluding hydrogens is 280 g/mol. The van der Waals surface area contributed by atoms with Crippen LogP contribution in [0.3, 0.4) is 0 Å². The SMILES string of the molecule is CCOC(=O)C1(N(C)C)CCN(C2CCCCC2OC)CC1. The van der Waals surface area contributed by atoms with E-state index in [2.05, 4.69) is 9.80 Å². The molecule has 1 aliphatic carbocycles. The van der Waals surface area contributed by atoms with Crippen molar-refractivity contribution < 1.29 is 14.3 Å². The topological polar surface area (TPSA) is 42.0 Å². The van der Waals surface area contributed by atoms with E-state index >= 15 is 0 Å². The van der Waals surface area contributed by atoms with E-state index in [1.807, 2.05) is 28.1 Å². The van der Waals surface area contributed by atoms with E-state index in [1.54, 1.807) is 0 Å². The third-order valence-corrected chi connectivity index (χ3v) is 5.58. The number of likely N-dealkylation sites (N-methyl/N-ethyl adjacent to an activating group) is 1. The van der Waals surface area contributed by atoms with Crippen molar-refractivity contribution in [3.05, 3.63) is 0 Å². The number of piperidine rings is 1. The number of methoxy groups -OCH3 is 1. The van der Waals surface area contributed by atoms with Crippen LogP contribution in [0.25, 0.3) is 0 Å². The highest BCUT2D eigenvalue weighted by molar-refractivity contribution is 5.81. The molecule has 2 unspecified atom stereocenters. The van der Waals surface area contributed by atoms with Gasteiger partial charge in [0.25, 0.3) is 0 Å². The van der Waals surface area contributed by atoms with Crippen LogP contribution in [0.2, 0.25) is 0 Å². The van der Waals surface area contributed by atoms with Crippen molar-refractivity contribution in [2.45, 2.75) is 63.1 Å². The minimum atomic E-state index is -0.455. The molecule has 0 aromatic carbocycles. The largest absolute Gasteiger partial charge is 0.465 e. The molecule has 1 saturated heterocycles. The second-order valence-electron chi connectivity index (χ2n) is 6.81. The molecule has 2 fully saturated rings. The minimum Gasteiger partial charge on any atom is -0.465 e. The van der Waals surface area contributed by atoms with Gasteiger partial charge in [-0.3, -0.25) is 14.6 Å². The average molecular weight is 312 g/mol. The first-order valence-corrected chi connectivity index (χ1v) is 8.66. The van der Waals surface area contributed by atoms with Crippen LogP contribution in [0.15, 0.2) is 0 Å². The maximum atomic E-state index is 12.5. The van der Waals surface area contributed by atoms with E-state index < -0.39 is 5.54 Å². The quantitative estimate of drug-likeness (QED) is 0.725. The van der Waals surface area contributed by atoms with Crippen molar-refractivity contribution >= 4 is 5.97 Å². The maximum absolute atomic E-state index is 12.5. The lowest BCUT2D eigenvalue weighted by atomic mass is 9.83. The Labute approximate surface area is 134 Å². The van der Waals surface area contributed by atoms with Gasteiger partial charge in [0.05, 0.1) is 12.7 Å². The normalized spacial score (nSPS) is 29.5. The number of likely N-dealkylation sites (tertiary alicyclic amines) is 1. The summed E-state index contributed by atoms with van der Waals surface area (Å²) in [5.74, 6) is -0.0633. The summed E-state index contributed by atoms with van der Waals surface area (Å²) in [6.07, 6.45) is 6.97. The zero-order valence-corrected chi connectivity index (χ0v) is 14.6. The summed E-state index contributed by atoms with van der Waals surface area (Å²) in [5, 5.41) is 0. The molecule has 22 heavy (non-hydrogen) atoms. The maximum Gasteiger partial charge on any atom is 0.326 e. The average Bonchev–Trinajstić information content (AvgIpc) is 2.55. The second-order valence-corrected chi connectivity index (χ2v) is 6.81. The van der Waals surface area contributed by atoms with E-state index in [1.165, 1.54) is 19.3 Å². The molecule has 5 heteroatoms. The van der Waals surface area contributed by atoms with Crippen molar-refractivity contribution in [3.8, 4) is 0 Å². The van der Waals surface area contributed by atoms with Crippen molar-refractivity contribution in [3.63, 3.8) is 0 Å². The van der Waals surface area contributed by atoms with Crippen molar-refractivity contribution in [2.24, 2.45) is 0 Å². The summed E-state index contributed by atoms with van der Waals surface area (Å²) in [6.45, 7) is 4.22. The van der Waals surface area contributed by atoms with Gasteiger partial charge in [-0.2, -0.15) is 0 Å². The summed E-state index contributed by atoms with van der Waals surface area (Å²) in [5.41, 5.74) is -0.455. The van der Waals surface area contributed by atoms with Gasteiger partial charge in [-0.05, 0) is 46.7 Å². The smallest absolute Gasteiger partial charge is 0.326 e. The molecule has 128 valence electrons. The van der Waals surface area contributed by atoms with Gasteiger partial charge in [0.1, 0.15) is 5.54 Å². The van der Waals surface area contributed by atoms with E-state index in [4.69, 9.17) is 9.47 Å². The molecule has 0 spiro atoms. The Balaban J connectivity index is 2.02. The Morgan fingerprint density at radius 2 is 1.86 bits per heavy atom. The highest BCUT2D eigenvalue weighted by atomic mass is 16.5. The number of carbonyl (C=O) groups excluding carboxylic acids is 1. The molecule has 2 atom stereocenters. The minimum absolute atomic E-state index is 0.0633. The molecule has 0 radical (unpaired) electrons. The van der Waals surface area contributed by atoms with Gasteiger partial charge in [-0.15, -0.1) is 0 Å². The first kappa shape index (κ1) is 17.7. The number of carbonyl (C=O) groups is 1. The summed E-state index contributed by atoms with van der Waals surface area (Å²) in [6, 6.07) is 0.515. The van der Waals surface area contributed by atoms with E-state index in [9.17, 15) is 4.79 Å². The number of nitrogens with zero attached hydrogens (tertiary/aromatic N) is 2. The van der Waals surface area contributed by atoms with E-state index in [0.717, 1.165) is 32.4 Å². The summed E-state index contributed by atoms with van der Waals surface area (Å²) in [4.78, 5) is 17.0. The fraction of sp³-hybridized carbons (Fsp3) is 0.941. The molecule has 5 nitrogen and oxygen atoms in total.